The molecule has 0 fully saturated rings. The van der Waals surface area contributed by atoms with Gasteiger partial charge in [-0.2, -0.15) is 0 Å². The van der Waals surface area contributed by atoms with E-state index in [4.69, 9.17) is 10.2 Å². The van der Waals surface area contributed by atoms with Gasteiger partial charge in [-0.3, -0.25) is 4.79 Å². The Morgan fingerprint density at radius 3 is 2.74 bits per heavy atom. The Hall–Kier alpha value is -1.75. The monoisotopic (exact) mass is 322 g/mol. The fourth-order valence-corrected chi connectivity index (χ4v) is 2.17. The molecule has 0 radical (unpaired) electrons. The molecule has 0 spiro atoms. The highest BCUT2D eigenvalue weighted by molar-refractivity contribution is 9.10. The molecule has 0 unspecified atom stereocenters. The Kier molecular flexibility index (Phi) is 3.95. The molecular formula is C14H15BrN2O2. The first-order valence-electron chi connectivity index (χ1n) is 5.84. The molecule has 0 bridgehead atoms. The number of anilines is 1. The Labute approximate surface area is 120 Å². The van der Waals surface area contributed by atoms with Crippen molar-refractivity contribution in [3.63, 3.8) is 0 Å². The number of amides is 1. The van der Waals surface area contributed by atoms with Crippen molar-refractivity contribution in [1.29, 1.82) is 0 Å². The summed E-state index contributed by atoms with van der Waals surface area (Å²) in [5, 5.41) is 0. The fraction of sp³-hybridized carbons (Fsp3) is 0.214. The number of nitrogens with two attached hydrogens (primary N) is 1. The maximum atomic E-state index is 12.3. The van der Waals surface area contributed by atoms with E-state index in [1.165, 1.54) is 0 Å². The minimum atomic E-state index is -0.0719. The SMILES string of the molecule is Cc1c(N)cccc1C(=O)N(C)Cc1ccc(Br)o1. The number of hydrogen-bond acceptors (Lipinski definition) is 3. The minimum Gasteiger partial charge on any atom is -0.452 e. The summed E-state index contributed by atoms with van der Waals surface area (Å²) in [7, 11) is 1.74. The van der Waals surface area contributed by atoms with E-state index in [1.807, 2.05) is 13.0 Å². The van der Waals surface area contributed by atoms with Crippen LogP contribution in [0.1, 0.15) is 21.7 Å². The van der Waals surface area contributed by atoms with Gasteiger partial charge in [0.05, 0.1) is 6.54 Å². The lowest BCUT2D eigenvalue weighted by Crippen LogP contribution is -2.26. The summed E-state index contributed by atoms with van der Waals surface area (Å²) >= 11 is 3.24. The number of rotatable bonds is 3. The zero-order valence-electron chi connectivity index (χ0n) is 10.8. The first kappa shape index (κ1) is 13.7. The normalized spacial score (nSPS) is 10.5. The van der Waals surface area contributed by atoms with Gasteiger partial charge in [-0.1, -0.05) is 6.07 Å². The highest BCUT2D eigenvalue weighted by Gasteiger charge is 2.16. The van der Waals surface area contributed by atoms with Gasteiger partial charge < -0.3 is 15.1 Å². The van der Waals surface area contributed by atoms with Crippen LogP contribution in [0, 0.1) is 6.92 Å². The van der Waals surface area contributed by atoms with Crippen LogP contribution in [-0.2, 0) is 6.54 Å². The quantitative estimate of drug-likeness (QED) is 0.883. The van der Waals surface area contributed by atoms with Crippen LogP contribution in [0.25, 0.3) is 0 Å². The second-order valence-electron chi connectivity index (χ2n) is 4.39. The second-order valence-corrected chi connectivity index (χ2v) is 5.17. The standard InChI is InChI=1S/C14H15BrN2O2/c1-9-11(4-3-5-12(9)16)14(18)17(2)8-10-6-7-13(15)19-10/h3-7H,8,16H2,1-2H3. The van der Waals surface area contributed by atoms with Crippen LogP contribution >= 0.6 is 15.9 Å². The van der Waals surface area contributed by atoms with Crippen molar-refractivity contribution in [2.75, 3.05) is 12.8 Å². The van der Waals surface area contributed by atoms with Gasteiger partial charge in [-0.25, -0.2) is 0 Å². The van der Waals surface area contributed by atoms with Gasteiger partial charge >= 0.3 is 0 Å². The van der Waals surface area contributed by atoms with E-state index in [0.717, 1.165) is 11.3 Å². The summed E-state index contributed by atoms with van der Waals surface area (Å²) in [6.45, 7) is 2.26. The molecule has 1 heterocycles. The second kappa shape index (κ2) is 5.48. The average molecular weight is 323 g/mol. The van der Waals surface area contributed by atoms with Gasteiger partial charge in [0, 0.05) is 18.3 Å². The van der Waals surface area contributed by atoms with Crippen LogP contribution in [-0.4, -0.2) is 17.9 Å². The number of benzene rings is 1. The average Bonchev–Trinajstić information content (AvgIpc) is 2.77. The van der Waals surface area contributed by atoms with E-state index in [-0.39, 0.29) is 5.91 Å². The summed E-state index contributed by atoms with van der Waals surface area (Å²) in [6, 6.07) is 8.99. The van der Waals surface area contributed by atoms with Crippen molar-refractivity contribution in [1.82, 2.24) is 4.90 Å². The molecule has 1 aromatic heterocycles. The zero-order chi connectivity index (χ0) is 14.0. The molecule has 2 N–H and O–H groups in total. The zero-order valence-corrected chi connectivity index (χ0v) is 12.4. The van der Waals surface area contributed by atoms with Crippen LogP contribution in [0.4, 0.5) is 5.69 Å². The summed E-state index contributed by atoms with van der Waals surface area (Å²) in [5.74, 6) is 0.654. The molecule has 0 aliphatic heterocycles. The molecule has 0 saturated carbocycles. The van der Waals surface area contributed by atoms with Gasteiger partial charge in [0.2, 0.25) is 0 Å². The summed E-state index contributed by atoms with van der Waals surface area (Å²) in [4.78, 5) is 14.0. The van der Waals surface area contributed by atoms with Crippen LogP contribution in [0.5, 0.6) is 0 Å². The van der Waals surface area contributed by atoms with E-state index >= 15 is 0 Å². The van der Waals surface area contributed by atoms with E-state index in [2.05, 4.69) is 15.9 Å². The molecule has 2 aromatic rings. The summed E-state index contributed by atoms with van der Waals surface area (Å²) < 4.78 is 6.05. The third kappa shape index (κ3) is 2.98. The van der Waals surface area contributed by atoms with Crippen molar-refractivity contribution in [3.05, 3.63) is 51.9 Å². The first-order chi connectivity index (χ1) is 8.99. The van der Waals surface area contributed by atoms with Gasteiger partial charge in [0.15, 0.2) is 4.67 Å². The molecule has 100 valence electrons. The van der Waals surface area contributed by atoms with Crippen LogP contribution in [0.15, 0.2) is 39.4 Å². The van der Waals surface area contributed by atoms with Crippen molar-refractivity contribution in [2.45, 2.75) is 13.5 Å². The number of furan rings is 1. The van der Waals surface area contributed by atoms with Crippen LogP contribution < -0.4 is 5.73 Å². The number of halogens is 1. The molecular weight excluding hydrogens is 308 g/mol. The van der Waals surface area contributed by atoms with Crippen LogP contribution in [0.2, 0.25) is 0 Å². The maximum absolute atomic E-state index is 12.3. The van der Waals surface area contributed by atoms with E-state index in [1.54, 1.807) is 36.2 Å². The minimum absolute atomic E-state index is 0.0719. The maximum Gasteiger partial charge on any atom is 0.254 e. The number of hydrogen-bond donors (Lipinski definition) is 1. The smallest absolute Gasteiger partial charge is 0.254 e. The number of nitrogen functional groups attached to an aromatic ring is 1. The molecule has 0 atom stereocenters. The van der Waals surface area contributed by atoms with Gasteiger partial charge in [0.1, 0.15) is 5.76 Å². The topological polar surface area (TPSA) is 59.5 Å². The Morgan fingerprint density at radius 2 is 2.11 bits per heavy atom. The molecule has 0 aliphatic carbocycles. The number of nitrogens with zero attached hydrogens (tertiary/aromatic N) is 1. The largest absolute Gasteiger partial charge is 0.452 e. The Morgan fingerprint density at radius 1 is 1.37 bits per heavy atom. The number of carbonyl (C=O) groups excluding carboxylic acids is 1. The Balaban J connectivity index is 2.17. The Bertz CT molecular complexity index is 607. The lowest BCUT2D eigenvalue weighted by Gasteiger charge is -2.17. The molecule has 1 aromatic carbocycles. The van der Waals surface area contributed by atoms with E-state index in [0.29, 0.717) is 22.5 Å². The fourth-order valence-electron chi connectivity index (χ4n) is 1.83. The summed E-state index contributed by atoms with van der Waals surface area (Å²) in [5.41, 5.74) is 7.87. The molecule has 19 heavy (non-hydrogen) atoms. The van der Waals surface area contributed by atoms with Crippen LogP contribution in [0.3, 0.4) is 0 Å². The molecule has 4 nitrogen and oxygen atoms in total. The van der Waals surface area contributed by atoms with Gasteiger partial charge in [-0.15, -0.1) is 0 Å². The molecule has 5 heteroatoms. The third-order valence-electron chi connectivity index (χ3n) is 2.97. The van der Waals surface area contributed by atoms with Crippen molar-refractivity contribution in [3.8, 4) is 0 Å². The number of carbonyl (C=O) groups is 1. The van der Waals surface area contributed by atoms with Crippen molar-refractivity contribution in [2.24, 2.45) is 0 Å². The van der Waals surface area contributed by atoms with Gasteiger partial charge in [-0.05, 0) is 52.7 Å². The van der Waals surface area contributed by atoms with Crippen molar-refractivity contribution >= 4 is 27.5 Å². The van der Waals surface area contributed by atoms with Crippen molar-refractivity contribution < 1.29 is 9.21 Å². The third-order valence-corrected chi connectivity index (χ3v) is 3.40. The highest BCUT2D eigenvalue weighted by Crippen LogP contribution is 2.19. The van der Waals surface area contributed by atoms with E-state index in [9.17, 15) is 4.79 Å². The lowest BCUT2D eigenvalue weighted by molar-refractivity contribution is 0.0774. The molecule has 1 amide bonds. The first-order valence-corrected chi connectivity index (χ1v) is 6.63. The molecule has 0 saturated heterocycles. The highest BCUT2D eigenvalue weighted by atomic mass is 79.9. The molecule has 2 rings (SSSR count). The lowest BCUT2D eigenvalue weighted by atomic mass is 10.1. The molecule has 0 aliphatic rings. The predicted molar refractivity (Wildman–Crippen MR) is 77.8 cm³/mol. The predicted octanol–water partition coefficient (Wildman–Crippen LogP) is 3.20. The van der Waals surface area contributed by atoms with E-state index < -0.39 is 0 Å². The van der Waals surface area contributed by atoms with Gasteiger partial charge in [0.25, 0.3) is 5.91 Å². The summed E-state index contributed by atoms with van der Waals surface area (Å²) in [6.07, 6.45) is 0.